The van der Waals surface area contributed by atoms with Crippen molar-refractivity contribution in [1.82, 2.24) is 0 Å². The molecule has 0 saturated carbocycles. The molecule has 0 saturated heterocycles. The van der Waals surface area contributed by atoms with Gasteiger partial charge >= 0.3 is 6.18 Å². The fourth-order valence-electron chi connectivity index (χ4n) is 2.94. The second kappa shape index (κ2) is 8.59. The molecule has 4 nitrogen and oxygen atoms in total. The molecule has 2 N–H and O–H groups in total. The third-order valence-electron chi connectivity index (χ3n) is 4.58. The monoisotopic (exact) mass is 430 g/mol. The van der Waals surface area contributed by atoms with Gasteiger partial charge in [0.2, 0.25) is 0 Å². The van der Waals surface area contributed by atoms with Crippen LogP contribution in [0.4, 0.5) is 28.9 Å². The van der Waals surface area contributed by atoms with Crippen LogP contribution >= 0.6 is 0 Å². The Morgan fingerprint density at radius 2 is 1.48 bits per heavy atom. The van der Waals surface area contributed by atoms with Crippen LogP contribution in [0.25, 0.3) is 0 Å². The highest BCUT2D eigenvalue weighted by Gasteiger charge is 2.34. The van der Waals surface area contributed by atoms with E-state index >= 15 is 0 Å². The van der Waals surface area contributed by atoms with Crippen molar-refractivity contribution in [2.24, 2.45) is 0 Å². The molecule has 160 valence electrons. The molecular formula is C23H18F4N2O2. The molecule has 0 aliphatic carbocycles. The third kappa shape index (κ3) is 5.28. The quantitative estimate of drug-likeness (QED) is 0.502. The summed E-state index contributed by atoms with van der Waals surface area (Å²) < 4.78 is 53.9. The van der Waals surface area contributed by atoms with Crippen molar-refractivity contribution in [3.63, 3.8) is 0 Å². The molecule has 3 aromatic carbocycles. The Hall–Kier alpha value is -3.68. The molecule has 8 heteroatoms. The Bertz CT molecular complexity index is 1140. The first-order valence-electron chi connectivity index (χ1n) is 9.21. The number of aryl methyl sites for hydroxylation is 2. The van der Waals surface area contributed by atoms with E-state index in [1.165, 1.54) is 18.2 Å². The van der Waals surface area contributed by atoms with Gasteiger partial charge in [0, 0.05) is 16.8 Å². The second-order valence-electron chi connectivity index (χ2n) is 6.99. The summed E-state index contributed by atoms with van der Waals surface area (Å²) in [7, 11) is 0. The molecule has 0 aromatic heterocycles. The van der Waals surface area contributed by atoms with E-state index in [-0.39, 0.29) is 16.8 Å². The normalized spacial score (nSPS) is 11.2. The van der Waals surface area contributed by atoms with E-state index in [2.05, 4.69) is 10.6 Å². The Balaban J connectivity index is 1.88. The summed E-state index contributed by atoms with van der Waals surface area (Å²) in [6, 6.07) is 12.7. The molecule has 0 radical (unpaired) electrons. The van der Waals surface area contributed by atoms with Gasteiger partial charge in [0.05, 0.1) is 11.3 Å². The minimum Gasteiger partial charge on any atom is -0.322 e. The van der Waals surface area contributed by atoms with Crippen LogP contribution in [-0.2, 0) is 6.18 Å². The van der Waals surface area contributed by atoms with Crippen molar-refractivity contribution >= 4 is 23.2 Å². The zero-order valence-electron chi connectivity index (χ0n) is 16.6. The summed E-state index contributed by atoms with van der Waals surface area (Å²) >= 11 is 0. The molecule has 0 bridgehead atoms. The summed E-state index contributed by atoms with van der Waals surface area (Å²) in [5.74, 6) is -1.91. The third-order valence-corrected chi connectivity index (χ3v) is 4.58. The highest BCUT2D eigenvalue weighted by molar-refractivity contribution is 6.07. The van der Waals surface area contributed by atoms with E-state index in [0.717, 1.165) is 29.8 Å². The SMILES string of the molecule is Cc1ccc(C)c(C(=O)Nc2ccc(NC(=O)c3ccc(F)cc3)cc2C(F)(F)F)c1. The van der Waals surface area contributed by atoms with E-state index in [1.807, 2.05) is 0 Å². The minimum atomic E-state index is -4.78. The Morgan fingerprint density at radius 3 is 2.13 bits per heavy atom. The van der Waals surface area contributed by atoms with Crippen LogP contribution in [-0.4, -0.2) is 11.8 Å². The molecule has 2 amide bonds. The lowest BCUT2D eigenvalue weighted by atomic mass is 10.0. The molecule has 0 unspecified atom stereocenters. The number of amides is 2. The zero-order valence-corrected chi connectivity index (χ0v) is 16.6. The van der Waals surface area contributed by atoms with Crippen LogP contribution in [0.15, 0.2) is 60.7 Å². The van der Waals surface area contributed by atoms with Gasteiger partial charge in [0.15, 0.2) is 0 Å². The Morgan fingerprint density at radius 1 is 0.806 bits per heavy atom. The lowest BCUT2D eigenvalue weighted by Gasteiger charge is -2.16. The van der Waals surface area contributed by atoms with Gasteiger partial charge in [-0.1, -0.05) is 17.7 Å². The number of carbonyl (C=O) groups is 2. The predicted molar refractivity (Wildman–Crippen MR) is 110 cm³/mol. The van der Waals surface area contributed by atoms with E-state index in [9.17, 15) is 27.2 Å². The first-order valence-corrected chi connectivity index (χ1v) is 9.21. The average Bonchev–Trinajstić information content (AvgIpc) is 2.70. The standard InChI is InChI=1S/C23H18F4N2O2/c1-13-3-4-14(2)18(11-13)22(31)29-20-10-9-17(12-19(20)23(25,26)27)28-21(30)15-5-7-16(24)8-6-15/h3-12H,1-2H3,(H,28,30)(H,29,31). The predicted octanol–water partition coefficient (Wildman–Crippen LogP) is 5.97. The summed E-state index contributed by atoms with van der Waals surface area (Å²) in [6.45, 7) is 3.46. The molecule has 0 heterocycles. The van der Waals surface area contributed by atoms with Gasteiger partial charge < -0.3 is 10.6 Å². The topological polar surface area (TPSA) is 58.2 Å². The van der Waals surface area contributed by atoms with Crippen LogP contribution in [0.3, 0.4) is 0 Å². The van der Waals surface area contributed by atoms with Crippen molar-refractivity contribution in [2.45, 2.75) is 20.0 Å². The van der Waals surface area contributed by atoms with E-state index < -0.39 is 35.1 Å². The number of hydrogen-bond acceptors (Lipinski definition) is 2. The number of carbonyl (C=O) groups excluding carboxylic acids is 2. The summed E-state index contributed by atoms with van der Waals surface area (Å²) in [5.41, 5.74) is 0.113. The molecule has 3 rings (SSSR count). The Labute approximate surface area is 175 Å². The van der Waals surface area contributed by atoms with Crippen LogP contribution in [0.5, 0.6) is 0 Å². The molecule has 0 atom stereocenters. The number of benzene rings is 3. The van der Waals surface area contributed by atoms with Crippen LogP contribution in [0, 0.1) is 19.7 Å². The number of halogens is 4. The lowest BCUT2D eigenvalue weighted by Crippen LogP contribution is -2.18. The largest absolute Gasteiger partial charge is 0.418 e. The summed E-state index contributed by atoms with van der Waals surface area (Å²) in [4.78, 5) is 24.8. The van der Waals surface area contributed by atoms with E-state index in [4.69, 9.17) is 0 Å². The van der Waals surface area contributed by atoms with Crippen molar-refractivity contribution in [2.75, 3.05) is 10.6 Å². The fraction of sp³-hybridized carbons (Fsp3) is 0.130. The molecule has 0 spiro atoms. The molecular weight excluding hydrogens is 412 g/mol. The van der Waals surface area contributed by atoms with Crippen LogP contribution in [0.2, 0.25) is 0 Å². The summed E-state index contributed by atoms with van der Waals surface area (Å²) in [5, 5.41) is 4.65. The maximum Gasteiger partial charge on any atom is 0.418 e. The van der Waals surface area contributed by atoms with Gasteiger partial charge in [-0.05, 0) is 67.9 Å². The maximum absolute atomic E-state index is 13.6. The van der Waals surface area contributed by atoms with E-state index in [0.29, 0.717) is 5.56 Å². The number of hydrogen-bond donors (Lipinski definition) is 2. The number of anilines is 2. The number of nitrogens with one attached hydrogen (secondary N) is 2. The highest BCUT2D eigenvalue weighted by Crippen LogP contribution is 2.37. The number of rotatable bonds is 4. The smallest absolute Gasteiger partial charge is 0.322 e. The van der Waals surface area contributed by atoms with E-state index in [1.54, 1.807) is 32.0 Å². The molecule has 0 aliphatic rings. The molecule has 31 heavy (non-hydrogen) atoms. The molecule has 0 aliphatic heterocycles. The lowest BCUT2D eigenvalue weighted by molar-refractivity contribution is -0.136. The molecule has 3 aromatic rings. The first-order chi connectivity index (χ1) is 14.5. The van der Waals surface area contributed by atoms with Crippen molar-refractivity contribution < 1.29 is 27.2 Å². The molecule has 0 fully saturated rings. The van der Waals surface area contributed by atoms with Crippen LogP contribution < -0.4 is 10.6 Å². The van der Waals surface area contributed by atoms with Gasteiger partial charge in [-0.2, -0.15) is 13.2 Å². The van der Waals surface area contributed by atoms with Crippen molar-refractivity contribution in [3.05, 3.63) is 94.3 Å². The minimum absolute atomic E-state index is 0.0854. The van der Waals surface area contributed by atoms with Crippen molar-refractivity contribution in [1.29, 1.82) is 0 Å². The van der Waals surface area contributed by atoms with Gasteiger partial charge in [0.1, 0.15) is 5.82 Å². The fourth-order valence-corrected chi connectivity index (χ4v) is 2.94. The highest BCUT2D eigenvalue weighted by atomic mass is 19.4. The van der Waals surface area contributed by atoms with Crippen LogP contribution in [0.1, 0.15) is 37.4 Å². The number of alkyl halides is 3. The van der Waals surface area contributed by atoms with Crippen molar-refractivity contribution in [3.8, 4) is 0 Å². The summed E-state index contributed by atoms with van der Waals surface area (Å²) in [6.07, 6.45) is -4.78. The first kappa shape index (κ1) is 22.0. The maximum atomic E-state index is 13.6. The average molecular weight is 430 g/mol. The second-order valence-corrected chi connectivity index (χ2v) is 6.99. The van der Waals surface area contributed by atoms with Gasteiger partial charge in [-0.25, -0.2) is 4.39 Å². The van der Waals surface area contributed by atoms with Gasteiger partial charge in [-0.3, -0.25) is 9.59 Å². The van der Waals surface area contributed by atoms with Gasteiger partial charge in [-0.15, -0.1) is 0 Å². The van der Waals surface area contributed by atoms with Gasteiger partial charge in [0.25, 0.3) is 11.8 Å². The Kier molecular flexibility index (Phi) is 6.10. The zero-order chi connectivity index (χ0) is 22.8.